The first-order valence-electron chi connectivity index (χ1n) is 8.82. The summed E-state index contributed by atoms with van der Waals surface area (Å²) in [6, 6.07) is 7.98. The van der Waals surface area contributed by atoms with Gasteiger partial charge in [0.25, 0.3) is 11.8 Å². The molecule has 2 N–H and O–H groups in total. The average molecular weight is 342 g/mol. The van der Waals surface area contributed by atoms with Gasteiger partial charge in [0.2, 0.25) is 0 Å². The van der Waals surface area contributed by atoms with E-state index >= 15 is 0 Å². The summed E-state index contributed by atoms with van der Waals surface area (Å²) in [6.45, 7) is 9.14. The second-order valence-corrected chi connectivity index (χ2v) is 7.77. The van der Waals surface area contributed by atoms with Gasteiger partial charge in [-0.05, 0) is 38.4 Å². The number of amides is 1. The first-order chi connectivity index (χ1) is 11.8. The van der Waals surface area contributed by atoms with Crippen molar-refractivity contribution in [3.8, 4) is 11.5 Å². The minimum atomic E-state index is -0.204. The molecule has 1 aliphatic rings. The molecule has 0 radical (unpaired) electrons. The van der Waals surface area contributed by atoms with Crippen molar-refractivity contribution < 1.29 is 9.32 Å². The molecule has 1 aliphatic heterocycles. The molecule has 0 aliphatic carbocycles. The van der Waals surface area contributed by atoms with E-state index < -0.39 is 0 Å². The van der Waals surface area contributed by atoms with Crippen LogP contribution in [0.15, 0.2) is 28.8 Å². The van der Waals surface area contributed by atoms with Gasteiger partial charge in [0.15, 0.2) is 5.82 Å². The molecular formula is C19H26N4O2. The van der Waals surface area contributed by atoms with Gasteiger partial charge in [-0.25, -0.2) is 0 Å². The average Bonchev–Trinajstić information content (AvgIpc) is 3.05. The number of rotatable bonds is 3. The Hall–Kier alpha value is -2.21. The molecule has 25 heavy (non-hydrogen) atoms. The van der Waals surface area contributed by atoms with Crippen LogP contribution in [0.25, 0.3) is 11.5 Å². The molecule has 0 saturated carbocycles. The standard InChI is InChI=1S/C19H26N4O2/c1-12-11-13(9-10-20-12)21-16(24)14-7-5-6-8-15(14)17-22-18(23-25-17)19(2,3)4/h5-8,12-13,20H,9-11H2,1-4H3,(H,21,24). The van der Waals surface area contributed by atoms with Crippen molar-refractivity contribution in [3.63, 3.8) is 0 Å². The summed E-state index contributed by atoms with van der Waals surface area (Å²) in [7, 11) is 0. The Morgan fingerprint density at radius 2 is 2.08 bits per heavy atom. The van der Waals surface area contributed by atoms with Crippen LogP contribution >= 0.6 is 0 Å². The van der Waals surface area contributed by atoms with Gasteiger partial charge < -0.3 is 15.2 Å². The van der Waals surface area contributed by atoms with Crippen molar-refractivity contribution in [3.05, 3.63) is 35.7 Å². The Morgan fingerprint density at radius 1 is 1.32 bits per heavy atom. The Morgan fingerprint density at radius 3 is 2.76 bits per heavy atom. The third-order valence-corrected chi connectivity index (χ3v) is 4.46. The molecule has 2 unspecified atom stereocenters. The van der Waals surface area contributed by atoms with Gasteiger partial charge in [-0.15, -0.1) is 0 Å². The largest absolute Gasteiger partial charge is 0.349 e. The van der Waals surface area contributed by atoms with E-state index in [2.05, 4.69) is 27.7 Å². The highest BCUT2D eigenvalue weighted by Gasteiger charge is 2.25. The third-order valence-electron chi connectivity index (χ3n) is 4.46. The van der Waals surface area contributed by atoms with Crippen LogP contribution in [0.2, 0.25) is 0 Å². The van der Waals surface area contributed by atoms with Gasteiger partial charge in [-0.1, -0.05) is 38.1 Å². The predicted octanol–water partition coefficient (Wildman–Crippen LogP) is 2.90. The second kappa shape index (κ2) is 6.96. The highest BCUT2D eigenvalue weighted by molar-refractivity contribution is 6.00. The molecule has 1 aromatic carbocycles. The Labute approximate surface area is 148 Å². The van der Waals surface area contributed by atoms with E-state index in [0.717, 1.165) is 19.4 Å². The molecule has 2 heterocycles. The van der Waals surface area contributed by atoms with Gasteiger partial charge in [0.05, 0.1) is 11.1 Å². The van der Waals surface area contributed by atoms with Crippen LogP contribution in [0.3, 0.4) is 0 Å². The zero-order valence-electron chi connectivity index (χ0n) is 15.3. The molecule has 6 heteroatoms. The van der Waals surface area contributed by atoms with E-state index in [1.807, 2.05) is 39.0 Å². The topological polar surface area (TPSA) is 80.1 Å². The molecule has 1 saturated heterocycles. The second-order valence-electron chi connectivity index (χ2n) is 7.77. The van der Waals surface area contributed by atoms with Crippen molar-refractivity contribution in [1.82, 2.24) is 20.8 Å². The zero-order chi connectivity index (χ0) is 18.0. The fourth-order valence-electron chi connectivity index (χ4n) is 3.03. The molecule has 0 spiro atoms. The maximum Gasteiger partial charge on any atom is 0.258 e. The van der Waals surface area contributed by atoms with Gasteiger partial charge in [-0.2, -0.15) is 4.98 Å². The SMILES string of the molecule is CC1CC(NC(=O)c2ccccc2-c2nc(C(C)(C)C)no2)CCN1. The summed E-state index contributed by atoms with van der Waals surface area (Å²) in [4.78, 5) is 17.3. The monoisotopic (exact) mass is 342 g/mol. The van der Waals surface area contributed by atoms with E-state index in [1.54, 1.807) is 6.07 Å². The molecule has 2 aromatic rings. The number of carbonyl (C=O) groups is 1. The fourth-order valence-corrected chi connectivity index (χ4v) is 3.03. The zero-order valence-corrected chi connectivity index (χ0v) is 15.3. The van der Waals surface area contributed by atoms with Crippen molar-refractivity contribution in [2.45, 2.75) is 58.0 Å². The maximum absolute atomic E-state index is 12.8. The van der Waals surface area contributed by atoms with Gasteiger partial charge in [0, 0.05) is 17.5 Å². The molecule has 3 rings (SSSR count). The van der Waals surface area contributed by atoms with E-state index in [0.29, 0.717) is 28.9 Å². The van der Waals surface area contributed by atoms with E-state index in [9.17, 15) is 4.79 Å². The van der Waals surface area contributed by atoms with Crippen LogP contribution in [0, 0.1) is 0 Å². The van der Waals surface area contributed by atoms with Crippen LogP contribution < -0.4 is 10.6 Å². The molecule has 1 aromatic heterocycles. The van der Waals surface area contributed by atoms with Gasteiger partial charge in [-0.3, -0.25) is 4.79 Å². The van der Waals surface area contributed by atoms with Crippen molar-refractivity contribution >= 4 is 5.91 Å². The molecule has 6 nitrogen and oxygen atoms in total. The number of nitrogens with zero attached hydrogens (tertiary/aromatic N) is 2. The summed E-state index contributed by atoms with van der Waals surface area (Å²) < 4.78 is 5.42. The lowest BCUT2D eigenvalue weighted by molar-refractivity contribution is 0.0926. The summed E-state index contributed by atoms with van der Waals surface area (Å²) in [5.41, 5.74) is 1.03. The van der Waals surface area contributed by atoms with E-state index in [1.165, 1.54) is 0 Å². The smallest absolute Gasteiger partial charge is 0.258 e. The van der Waals surface area contributed by atoms with Crippen molar-refractivity contribution in [2.75, 3.05) is 6.54 Å². The number of carbonyl (C=O) groups excluding carboxylic acids is 1. The third kappa shape index (κ3) is 4.07. The number of aromatic nitrogens is 2. The van der Waals surface area contributed by atoms with E-state index in [4.69, 9.17) is 4.52 Å². The molecule has 0 bridgehead atoms. The lowest BCUT2D eigenvalue weighted by Gasteiger charge is -2.28. The maximum atomic E-state index is 12.8. The van der Waals surface area contributed by atoms with Gasteiger partial charge >= 0.3 is 0 Å². The quantitative estimate of drug-likeness (QED) is 0.896. The lowest BCUT2D eigenvalue weighted by Crippen LogP contribution is -2.46. The minimum absolute atomic E-state index is 0.0924. The van der Waals surface area contributed by atoms with Crippen molar-refractivity contribution in [2.24, 2.45) is 0 Å². The van der Waals surface area contributed by atoms with E-state index in [-0.39, 0.29) is 17.4 Å². The Balaban J connectivity index is 1.83. The molecular weight excluding hydrogens is 316 g/mol. The van der Waals surface area contributed by atoms with Crippen LogP contribution in [-0.2, 0) is 5.41 Å². The summed E-state index contributed by atoms with van der Waals surface area (Å²) >= 11 is 0. The first-order valence-corrected chi connectivity index (χ1v) is 8.82. The lowest BCUT2D eigenvalue weighted by atomic mass is 9.96. The number of hydrogen-bond donors (Lipinski definition) is 2. The molecule has 1 amide bonds. The first kappa shape index (κ1) is 17.6. The van der Waals surface area contributed by atoms with Crippen LogP contribution in [-0.4, -0.2) is 34.7 Å². The summed E-state index contributed by atoms with van der Waals surface area (Å²) in [5.74, 6) is 0.921. The summed E-state index contributed by atoms with van der Waals surface area (Å²) in [5, 5.41) is 10.6. The molecule has 134 valence electrons. The highest BCUT2D eigenvalue weighted by Crippen LogP contribution is 2.26. The van der Waals surface area contributed by atoms with Gasteiger partial charge in [0.1, 0.15) is 0 Å². The summed E-state index contributed by atoms with van der Waals surface area (Å²) in [6.07, 6.45) is 1.87. The predicted molar refractivity (Wildman–Crippen MR) is 96.4 cm³/mol. The highest BCUT2D eigenvalue weighted by atomic mass is 16.5. The minimum Gasteiger partial charge on any atom is -0.349 e. The van der Waals surface area contributed by atoms with Crippen LogP contribution in [0.1, 0.15) is 56.7 Å². The molecule has 1 fully saturated rings. The Kier molecular flexibility index (Phi) is 4.90. The normalized spacial score (nSPS) is 21.1. The van der Waals surface area contributed by atoms with Crippen LogP contribution in [0.5, 0.6) is 0 Å². The van der Waals surface area contributed by atoms with Crippen molar-refractivity contribution in [1.29, 1.82) is 0 Å². The molecule has 2 atom stereocenters. The Bertz CT molecular complexity index is 748. The fraction of sp³-hybridized carbons (Fsp3) is 0.526. The number of hydrogen-bond acceptors (Lipinski definition) is 5. The number of benzene rings is 1. The van der Waals surface area contributed by atoms with Crippen LogP contribution in [0.4, 0.5) is 0 Å². The number of piperidine rings is 1. The number of nitrogens with one attached hydrogen (secondary N) is 2.